The van der Waals surface area contributed by atoms with Crippen molar-refractivity contribution in [2.45, 2.75) is 383 Å². The summed E-state index contributed by atoms with van der Waals surface area (Å²) in [5, 5.41) is 87.6. The molecule has 0 saturated carbocycles. The lowest BCUT2D eigenvalue weighted by Crippen LogP contribution is -2.65. The molecule has 0 aromatic carbocycles. The fraction of sp³-hybridized carbons (Fsp3) is 0.875. The van der Waals surface area contributed by atoms with Gasteiger partial charge in [-0.25, -0.2) is 0 Å². The molecule has 1 amide bonds. The van der Waals surface area contributed by atoms with Crippen LogP contribution in [0.5, 0.6) is 0 Å². The summed E-state index contributed by atoms with van der Waals surface area (Å²) < 4.78 is 22.9. The van der Waals surface area contributed by atoms with E-state index in [9.17, 15) is 45.6 Å². The molecule has 0 radical (unpaired) electrons. The van der Waals surface area contributed by atoms with E-state index in [2.05, 4.69) is 67.8 Å². The lowest BCUT2D eigenvalue weighted by Gasteiger charge is -2.46. The van der Waals surface area contributed by atoms with Gasteiger partial charge in [-0.1, -0.05) is 300 Å². The van der Waals surface area contributed by atoms with Crippen LogP contribution in [0.3, 0.4) is 0 Å². The molecule has 0 aliphatic carbocycles. The van der Waals surface area contributed by atoms with Crippen molar-refractivity contribution in [2.75, 3.05) is 19.8 Å². The molecule has 0 bridgehead atoms. The van der Waals surface area contributed by atoms with E-state index < -0.39 is 86.8 Å². The van der Waals surface area contributed by atoms with E-state index in [1.54, 1.807) is 0 Å². The van der Waals surface area contributed by atoms with Gasteiger partial charge in [-0.2, -0.15) is 0 Å². The van der Waals surface area contributed by atoms with E-state index in [0.717, 1.165) is 77.0 Å². The van der Waals surface area contributed by atoms with Crippen molar-refractivity contribution >= 4 is 5.91 Å². The molecule has 12 atom stereocenters. The molecule has 86 heavy (non-hydrogen) atoms. The van der Waals surface area contributed by atoms with Gasteiger partial charge in [0.1, 0.15) is 48.8 Å². The molecule has 0 aromatic heterocycles. The number of unbranched alkanes of at least 4 members (excludes halogenated alkanes) is 38. The molecule has 2 saturated heterocycles. The lowest BCUT2D eigenvalue weighted by atomic mass is 9.97. The number of rotatable bonds is 59. The molecule has 14 heteroatoms. The van der Waals surface area contributed by atoms with Gasteiger partial charge < -0.3 is 65.1 Å². The predicted octanol–water partition coefficient (Wildman–Crippen LogP) is 14.7. The van der Waals surface area contributed by atoms with Gasteiger partial charge in [0.15, 0.2) is 12.6 Å². The number of carbonyl (C=O) groups is 1. The molecule has 14 nitrogen and oxygen atoms in total. The van der Waals surface area contributed by atoms with E-state index in [-0.39, 0.29) is 12.5 Å². The Hall–Kier alpha value is -2.05. The Morgan fingerprint density at radius 1 is 0.430 bits per heavy atom. The van der Waals surface area contributed by atoms with Crippen LogP contribution in [-0.2, 0) is 23.7 Å². The highest BCUT2D eigenvalue weighted by Crippen LogP contribution is 2.30. The fourth-order valence-electron chi connectivity index (χ4n) is 11.9. The molecule has 2 aliphatic heterocycles. The van der Waals surface area contributed by atoms with Gasteiger partial charge in [0, 0.05) is 6.42 Å². The minimum atomic E-state index is -1.78. The number of hydrogen-bond acceptors (Lipinski definition) is 13. The first-order valence-electron chi connectivity index (χ1n) is 35.9. The minimum absolute atomic E-state index is 0.202. The normalized spacial score (nSPS) is 23.7. The third-order valence-corrected chi connectivity index (χ3v) is 17.6. The van der Waals surface area contributed by atoms with Crippen LogP contribution in [-0.4, -0.2) is 140 Å². The number of hydrogen-bond donors (Lipinski definition) is 9. The van der Waals surface area contributed by atoms with Crippen molar-refractivity contribution in [3.63, 3.8) is 0 Å². The van der Waals surface area contributed by atoms with Crippen molar-refractivity contribution in [3.05, 3.63) is 48.6 Å². The van der Waals surface area contributed by atoms with E-state index in [4.69, 9.17) is 18.9 Å². The van der Waals surface area contributed by atoms with Crippen LogP contribution in [0.4, 0.5) is 0 Å². The maximum atomic E-state index is 13.4. The summed E-state index contributed by atoms with van der Waals surface area (Å²) in [6, 6.07) is -0.829. The minimum Gasteiger partial charge on any atom is -0.394 e. The highest BCUT2D eigenvalue weighted by Gasteiger charge is 2.51. The molecule has 12 unspecified atom stereocenters. The summed E-state index contributed by atoms with van der Waals surface area (Å²) in [5.74, 6) is -0.202. The number of nitrogens with one attached hydrogen (secondary N) is 1. The highest BCUT2D eigenvalue weighted by atomic mass is 16.7. The molecule has 2 aliphatic rings. The molecular weight excluding hydrogens is 1090 g/mol. The predicted molar refractivity (Wildman–Crippen MR) is 351 cm³/mol. The van der Waals surface area contributed by atoms with E-state index in [0.29, 0.717) is 12.8 Å². The van der Waals surface area contributed by atoms with Gasteiger partial charge in [-0.05, 0) is 51.4 Å². The van der Waals surface area contributed by atoms with Crippen LogP contribution >= 0.6 is 0 Å². The molecule has 2 fully saturated rings. The van der Waals surface area contributed by atoms with Crippen LogP contribution in [0.2, 0.25) is 0 Å². The number of amides is 1. The molecule has 2 rings (SSSR count). The summed E-state index contributed by atoms with van der Waals surface area (Å²) >= 11 is 0. The smallest absolute Gasteiger partial charge is 0.220 e. The second kappa shape index (κ2) is 56.9. The number of ether oxygens (including phenoxy) is 4. The Morgan fingerprint density at radius 2 is 0.802 bits per heavy atom. The van der Waals surface area contributed by atoms with Gasteiger partial charge in [0.25, 0.3) is 0 Å². The topological polar surface area (TPSA) is 228 Å². The van der Waals surface area contributed by atoms with E-state index in [1.165, 1.54) is 205 Å². The highest BCUT2D eigenvalue weighted by molar-refractivity contribution is 5.76. The zero-order valence-electron chi connectivity index (χ0n) is 54.8. The zero-order chi connectivity index (χ0) is 62.3. The van der Waals surface area contributed by atoms with Crippen LogP contribution in [0.1, 0.15) is 309 Å². The Bertz CT molecular complexity index is 1630. The first-order chi connectivity index (χ1) is 42.1. The van der Waals surface area contributed by atoms with Crippen LogP contribution in [0.15, 0.2) is 48.6 Å². The van der Waals surface area contributed by atoms with Gasteiger partial charge in [0.05, 0.1) is 32.0 Å². The maximum absolute atomic E-state index is 13.4. The third kappa shape index (κ3) is 40.6. The summed E-state index contributed by atoms with van der Waals surface area (Å²) in [6.45, 7) is 2.79. The first kappa shape index (κ1) is 80.0. The van der Waals surface area contributed by atoms with Gasteiger partial charge >= 0.3 is 0 Å². The third-order valence-electron chi connectivity index (χ3n) is 17.6. The van der Waals surface area contributed by atoms with Gasteiger partial charge in [0.2, 0.25) is 5.91 Å². The fourth-order valence-corrected chi connectivity index (χ4v) is 11.9. The standard InChI is InChI=1S/C72H133NO13/c1-3-5-7-9-11-13-15-17-19-21-23-25-26-27-28-29-30-31-32-33-34-36-38-40-42-44-46-48-50-52-54-56-64(77)73-60(61(76)55-53-51-49-47-45-43-41-39-37-35-24-22-20-18-16-14-12-10-8-6-4-2)59-83-71-69(82)67(80)70(63(58-75)85-71)86-72-68(81)66(79)65(78)62(57-74)84-72/h5,7,11,13,17,19,23,25,60-63,65-72,74-76,78-82H,3-4,6,8-10,12,14-16,18,20-22,24,26-59H2,1-2H3,(H,73,77)/b7-5-,13-11-,19-17-,25-23-. The maximum Gasteiger partial charge on any atom is 0.220 e. The molecule has 0 spiro atoms. The van der Waals surface area contributed by atoms with Gasteiger partial charge in [-0.15, -0.1) is 0 Å². The van der Waals surface area contributed by atoms with Crippen molar-refractivity contribution in [1.29, 1.82) is 0 Å². The van der Waals surface area contributed by atoms with Crippen LogP contribution < -0.4 is 5.32 Å². The summed E-state index contributed by atoms with van der Waals surface area (Å²) in [6.07, 6.45) is 57.0. The number of carbonyl (C=O) groups excluding carboxylic acids is 1. The average Bonchev–Trinajstić information content (AvgIpc) is 2.54. The van der Waals surface area contributed by atoms with Crippen molar-refractivity contribution in [2.24, 2.45) is 0 Å². The Balaban J connectivity index is 1.64. The Morgan fingerprint density at radius 3 is 1.23 bits per heavy atom. The van der Waals surface area contributed by atoms with Gasteiger partial charge in [-0.3, -0.25) is 4.79 Å². The monoisotopic (exact) mass is 1220 g/mol. The number of aliphatic hydroxyl groups excluding tert-OH is 8. The van der Waals surface area contributed by atoms with E-state index in [1.807, 2.05) is 0 Å². The van der Waals surface area contributed by atoms with Crippen molar-refractivity contribution < 1.29 is 64.6 Å². The molecule has 9 N–H and O–H groups in total. The van der Waals surface area contributed by atoms with Crippen molar-refractivity contribution in [3.8, 4) is 0 Å². The Labute approximate surface area is 524 Å². The SMILES string of the molecule is CC/C=C\C/C=C\C/C=C\C/C=C\CCCCCCCCCCCCCCCCCCCCC(=O)NC(COC1OC(CO)C(OC2OC(CO)C(O)C(O)C2O)C(O)C1O)C(O)CCCCCCCCCCCCCCCCCCCCCCC. The molecular formula is C72H133NO13. The second-order valence-electron chi connectivity index (χ2n) is 25.3. The molecule has 2 heterocycles. The summed E-state index contributed by atoms with van der Waals surface area (Å²) in [5.41, 5.74) is 0. The quantitative estimate of drug-likeness (QED) is 0.0204. The zero-order valence-corrected chi connectivity index (χ0v) is 54.8. The molecule has 504 valence electrons. The van der Waals surface area contributed by atoms with Crippen LogP contribution in [0.25, 0.3) is 0 Å². The summed E-state index contributed by atoms with van der Waals surface area (Å²) in [7, 11) is 0. The summed E-state index contributed by atoms with van der Waals surface area (Å²) in [4.78, 5) is 13.4. The van der Waals surface area contributed by atoms with E-state index >= 15 is 0 Å². The second-order valence-corrected chi connectivity index (χ2v) is 25.3. The van der Waals surface area contributed by atoms with Crippen molar-refractivity contribution in [1.82, 2.24) is 5.32 Å². The largest absolute Gasteiger partial charge is 0.394 e. The number of allylic oxidation sites excluding steroid dienone is 8. The number of aliphatic hydroxyl groups is 8. The van der Waals surface area contributed by atoms with Crippen LogP contribution in [0, 0.1) is 0 Å². The lowest BCUT2D eigenvalue weighted by molar-refractivity contribution is -0.359. The molecule has 0 aromatic rings. The Kier molecular flexibility index (Phi) is 53.0. The first-order valence-corrected chi connectivity index (χ1v) is 35.9. The average molecular weight is 1220 g/mol.